The van der Waals surface area contributed by atoms with Gasteiger partial charge in [-0.05, 0) is 38.5 Å². The first-order valence-corrected chi connectivity index (χ1v) is 8.08. The first-order valence-electron chi connectivity index (χ1n) is 8.08. The van der Waals surface area contributed by atoms with E-state index in [9.17, 15) is 9.59 Å². The van der Waals surface area contributed by atoms with Gasteiger partial charge in [-0.15, -0.1) is 0 Å². The third-order valence-electron chi connectivity index (χ3n) is 4.17. The van der Waals surface area contributed by atoms with Gasteiger partial charge in [0.1, 0.15) is 17.9 Å². The van der Waals surface area contributed by atoms with Crippen LogP contribution >= 0.6 is 0 Å². The third kappa shape index (κ3) is 3.50. The Bertz CT molecular complexity index is 823. The number of aromatic nitrogens is 1. The van der Waals surface area contributed by atoms with Crippen LogP contribution in [0.2, 0.25) is 0 Å². The van der Waals surface area contributed by atoms with Crippen LogP contribution in [-0.4, -0.2) is 16.1 Å². The zero-order valence-corrected chi connectivity index (χ0v) is 14.2. The van der Waals surface area contributed by atoms with Crippen LogP contribution in [0.25, 0.3) is 0 Å². The Morgan fingerprint density at radius 2 is 2.12 bits per heavy atom. The largest absolute Gasteiger partial charge is 0.487 e. The van der Waals surface area contributed by atoms with E-state index in [1.165, 1.54) is 10.6 Å². The Hall–Kier alpha value is -2.56. The molecule has 1 amide bonds. The van der Waals surface area contributed by atoms with Crippen molar-refractivity contribution in [2.24, 2.45) is 0 Å². The van der Waals surface area contributed by atoms with Gasteiger partial charge < -0.3 is 14.6 Å². The molecule has 0 saturated heterocycles. The maximum atomic E-state index is 12.4. The van der Waals surface area contributed by atoms with Crippen molar-refractivity contribution in [1.82, 2.24) is 9.88 Å². The minimum Gasteiger partial charge on any atom is -0.487 e. The van der Waals surface area contributed by atoms with Crippen molar-refractivity contribution in [3.8, 4) is 5.75 Å². The number of hydrogen-bond donors (Lipinski definition) is 1. The van der Waals surface area contributed by atoms with E-state index < -0.39 is 0 Å². The van der Waals surface area contributed by atoms with Gasteiger partial charge in [0, 0.05) is 24.2 Å². The molecule has 0 aliphatic carbocycles. The van der Waals surface area contributed by atoms with Crippen molar-refractivity contribution < 1.29 is 9.53 Å². The molecule has 0 radical (unpaired) electrons. The van der Waals surface area contributed by atoms with E-state index in [0.29, 0.717) is 6.42 Å². The molecule has 1 N–H and O–H groups in total. The third-order valence-corrected chi connectivity index (χ3v) is 4.17. The van der Waals surface area contributed by atoms with Crippen LogP contribution in [0.3, 0.4) is 0 Å². The van der Waals surface area contributed by atoms with Crippen LogP contribution in [0.1, 0.15) is 37.4 Å². The summed E-state index contributed by atoms with van der Waals surface area (Å²) in [5.74, 6) is 0.631. The summed E-state index contributed by atoms with van der Waals surface area (Å²) >= 11 is 0. The number of nitrogens with zero attached hydrogens (tertiary/aromatic N) is 1. The zero-order valence-electron chi connectivity index (χ0n) is 14.2. The lowest BCUT2D eigenvalue weighted by atomic mass is 9.89. The minimum absolute atomic E-state index is 0.0126. The Labute approximate surface area is 141 Å². The number of carbonyl (C=O) groups excluding carboxylic acids is 1. The number of hydrogen-bond acceptors (Lipinski definition) is 3. The number of fused-ring (bicyclic) bond motifs is 1. The molecule has 24 heavy (non-hydrogen) atoms. The van der Waals surface area contributed by atoms with Gasteiger partial charge in [0.25, 0.3) is 5.56 Å². The van der Waals surface area contributed by atoms with E-state index in [1.807, 2.05) is 39.0 Å². The molecule has 126 valence electrons. The highest BCUT2D eigenvalue weighted by atomic mass is 16.5. The zero-order chi connectivity index (χ0) is 17.3. The summed E-state index contributed by atoms with van der Waals surface area (Å²) in [6.45, 7) is 6.05. The molecule has 0 bridgehead atoms. The molecule has 5 nitrogen and oxygen atoms in total. The molecule has 0 fully saturated rings. The quantitative estimate of drug-likeness (QED) is 0.943. The van der Waals surface area contributed by atoms with Crippen molar-refractivity contribution in [2.45, 2.75) is 45.4 Å². The lowest BCUT2D eigenvalue weighted by molar-refractivity contribution is -0.123. The number of aryl methyl sites for hydroxylation is 1. The Morgan fingerprint density at radius 1 is 1.33 bits per heavy atom. The second kappa shape index (κ2) is 6.15. The van der Waals surface area contributed by atoms with E-state index in [4.69, 9.17) is 4.74 Å². The first-order chi connectivity index (χ1) is 11.3. The van der Waals surface area contributed by atoms with Crippen LogP contribution < -0.4 is 15.6 Å². The summed E-state index contributed by atoms with van der Waals surface area (Å²) in [7, 11) is 0. The standard InChI is InChI=1S/C19H22N2O3/c1-13-7-8-14-15(11-19(2,3)24-16(14)10-13)20-17(22)12-21-9-5-4-6-18(21)23/h4-10,15H,11-12H2,1-3H3,(H,20,22)/t15-/m0/s1. The van der Waals surface area contributed by atoms with Crippen molar-refractivity contribution in [3.63, 3.8) is 0 Å². The number of amides is 1. The summed E-state index contributed by atoms with van der Waals surface area (Å²) in [6, 6.07) is 10.7. The topological polar surface area (TPSA) is 60.3 Å². The number of pyridine rings is 1. The molecule has 0 spiro atoms. The summed E-state index contributed by atoms with van der Waals surface area (Å²) in [6.07, 6.45) is 2.30. The predicted octanol–water partition coefficient (Wildman–Crippen LogP) is 2.58. The van der Waals surface area contributed by atoms with Crippen molar-refractivity contribution in [2.75, 3.05) is 0 Å². The minimum atomic E-state index is -0.359. The predicted molar refractivity (Wildman–Crippen MR) is 92.1 cm³/mol. The highest BCUT2D eigenvalue weighted by Crippen LogP contribution is 2.39. The summed E-state index contributed by atoms with van der Waals surface area (Å²) in [4.78, 5) is 24.2. The monoisotopic (exact) mass is 326 g/mol. The maximum Gasteiger partial charge on any atom is 0.250 e. The van der Waals surface area contributed by atoms with Gasteiger partial charge in [-0.25, -0.2) is 0 Å². The molecule has 1 aromatic heterocycles. The second-order valence-corrected chi connectivity index (χ2v) is 6.89. The SMILES string of the molecule is Cc1ccc2c(c1)OC(C)(C)C[C@@H]2NC(=O)Cn1ccccc1=O. The van der Waals surface area contributed by atoms with Crippen LogP contribution in [0, 0.1) is 6.92 Å². The fraction of sp³-hybridized carbons (Fsp3) is 0.368. The number of carbonyl (C=O) groups is 1. The summed E-state index contributed by atoms with van der Waals surface area (Å²) < 4.78 is 7.44. The first kappa shape index (κ1) is 16.3. The second-order valence-electron chi connectivity index (χ2n) is 6.89. The molecule has 1 aliphatic heterocycles. The van der Waals surface area contributed by atoms with E-state index in [0.717, 1.165) is 16.9 Å². The average molecular weight is 326 g/mol. The number of nitrogens with one attached hydrogen (secondary N) is 1. The van der Waals surface area contributed by atoms with E-state index in [-0.39, 0.29) is 29.7 Å². The molecular formula is C19H22N2O3. The van der Waals surface area contributed by atoms with Gasteiger partial charge in [0.2, 0.25) is 5.91 Å². The highest BCUT2D eigenvalue weighted by Gasteiger charge is 2.34. The molecule has 0 unspecified atom stereocenters. The molecule has 2 heterocycles. The number of ether oxygens (including phenoxy) is 1. The van der Waals surface area contributed by atoms with E-state index >= 15 is 0 Å². The molecule has 0 saturated carbocycles. The van der Waals surface area contributed by atoms with Crippen molar-refractivity contribution >= 4 is 5.91 Å². The van der Waals surface area contributed by atoms with Crippen molar-refractivity contribution in [1.29, 1.82) is 0 Å². The molecule has 1 atom stereocenters. The molecule has 1 aliphatic rings. The van der Waals surface area contributed by atoms with Gasteiger partial charge >= 0.3 is 0 Å². The molecule has 3 rings (SSSR count). The smallest absolute Gasteiger partial charge is 0.250 e. The molecule has 1 aromatic carbocycles. The number of benzene rings is 1. The lowest BCUT2D eigenvalue weighted by Gasteiger charge is -2.38. The van der Waals surface area contributed by atoms with Crippen molar-refractivity contribution in [3.05, 3.63) is 64.1 Å². The summed E-state index contributed by atoms with van der Waals surface area (Å²) in [5, 5.41) is 3.05. The van der Waals surface area contributed by atoms with E-state index in [1.54, 1.807) is 18.3 Å². The van der Waals surface area contributed by atoms with Gasteiger partial charge in [-0.3, -0.25) is 9.59 Å². The van der Waals surface area contributed by atoms with Gasteiger partial charge in [0.15, 0.2) is 0 Å². The fourth-order valence-electron chi connectivity index (χ4n) is 3.07. The van der Waals surface area contributed by atoms with Crippen LogP contribution in [-0.2, 0) is 11.3 Å². The van der Waals surface area contributed by atoms with Gasteiger partial charge in [-0.1, -0.05) is 18.2 Å². The lowest BCUT2D eigenvalue weighted by Crippen LogP contribution is -2.42. The van der Waals surface area contributed by atoms with Crippen LogP contribution in [0.15, 0.2) is 47.4 Å². The van der Waals surface area contributed by atoms with Gasteiger partial charge in [0.05, 0.1) is 6.04 Å². The van der Waals surface area contributed by atoms with Crippen LogP contribution in [0.4, 0.5) is 0 Å². The molecule has 2 aromatic rings. The van der Waals surface area contributed by atoms with E-state index in [2.05, 4.69) is 5.32 Å². The Kier molecular flexibility index (Phi) is 4.18. The fourth-order valence-corrected chi connectivity index (χ4v) is 3.07. The maximum absolute atomic E-state index is 12.4. The van der Waals surface area contributed by atoms with Gasteiger partial charge in [-0.2, -0.15) is 0 Å². The highest BCUT2D eigenvalue weighted by molar-refractivity contribution is 5.76. The number of rotatable bonds is 3. The Balaban J connectivity index is 1.81. The summed E-state index contributed by atoms with van der Waals surface area (Å²) in [5.41, 5.74) is 1.56. The molecular weight excluding hydrogens is 304 g/mol. The Morgan fingerprint density at radius 3 is 2.88 bits per heavy atom. The average Bonchev–Trinajstić information content (AvgIpc) is 2.48. The normalized spacial score (nSPS) is 18.4. The molecule has 5 heteroatoms. The van der Waals surface area contributed by atoms with Crippen LogP contribution in [0.5, 0.6) is 5.75 Å².